The van der Waals surface area contributed by atoms with Gasteiger partial charge in [-0.15, -0.1) is 0 Å². The van der Waals surface area contributed by atoms with Gasteiger partial charge in [-0.05, 0) is 59.4 Å². The zero-order valence-corrected chi connectivity index (χ0v) is 11.1. The van der Waals surface area contributed by atoms with Gasteiger partial charge in [-0.25, -0.2) is 0 Å². The van der Waals surface area contributed by atoms with Crippen LogP contribution in [0.3, 0.4) is 0 Å². The van der Waals surface area contributed by atoms with Crippen molar-refractivity contribution in [2.75, 3.05) is 13.1 Å². The zero-order chi connectivity index (χ0) is 12.0. The zero-order valence-electron chi connectivity index (χ0n) is 11.1. The van der Waals surface area contributed by atoms with E-state index in [0.717, 1.165) is 18.9 Å². The molecule has 1 aliphatic carbocycles. The summed E-state index contributed by atoms with van der Waals surface area (Å²) in [5.41, 5.74) is 5.72. The Hall–Kier alpha value is -0.120. The summed E-state index contributed by atoms with van der Waals surface area (Å²) < 4.78 is 6.15. The first kappa shape index (κ1) is 12.3. The third-order valence-electron chi connectivity index (χ3n) is 4.19. The van der Waals surface area contributed by atoms with Crippen LogP contribution in [0, 0.1) is 5.92 Å². The molecule has 1 unspecified atom stereocenters. The first-order valence-corrected chi connectivity index (χ1v) is 6.46. The van der Waals surface area contributed by atoms with E-state index in [2.05, 4.69) is 33.0 Å². The van der Waals surface area contributed by atoms with E-state index in [1.165, 1.54) is 12.8 Å². The Morgan fingerprint density at radius 2 is 1.88 bits per heavy atom. The smallest absolute Gasteiger partial charge is 0.0827 e. The summed E-state index contributed by atoms with van der Waals surface area (Å²) in [5.74, 6) is 0.878. The van der Waals surface area contributed by atoms with Gasteiger partial charge in [0.2, 0.25) is 0 Å². The Morgan fingerprint density at radius 3 is 2.25 bits per heavy atom. The van der Waals surface area contributed by atoms with E-state index in [1.807, 2.05) is 0 Å². The fraction of sp³-hybridized carbons (Fsp3) is 1.00. The van der Waals surface area contributed by atoms with Gasteiger partial charge in [0.05, 0.1) is 16.7 Å². The number of hydrogen-bond donors (Lipinski definition) is 2. The third kappa shape index (κ3) is 2.13. The van der Waals surface area contributed by atoms with Crippen molar-refractivity contribution in [3.63, 3.8) is 0 Å². The van der Waals surface area contributed by atoms with E-state index < -0.39 is 0 Å². The van der Waals surface area contributed by atoms with Gasteiger partial charge in [0.15, 0.2) is 0 Å². The molecule has 0 amide bonds. The van der Waals surface area contributed by atoms with Crippen molar-refractivity contribution in [1.29, 1.82) is 0 Å². The predicted octanol–water partition coefficient (Wildman–Crippen LogP) is 1.66. The molecule has 2 rings (SSSR count). The minimum absolute atomic E-state index is 0.0565. The molecule has 3 nitrogen and oxygen atoms in total. The van der Waals surface area contributed by atoms with Crippen molar-refractivity contribution in [1.82, 2.24) is 5.32 Å². The van der Waals surface area contributed by atoms with Crippen LogP contribution in [0.4, 0.5) is 0 Å². The van der Waals surface area contributed by atoms with Crippen molar-refractivity contribution >= 4 is 0 Å². The molecule has 1 saturated carbocycles. The van der Waals surface area contributed by atoms with Gasteiger partial charge < -0.3 is 15.8 Å². The van der Waals surface area contributed by atoms with Gasteiger partial charge in [-0.1, -0.05) is 0 Å². The van der Waals surface area contributed by atoms with Crippen molar-refractivity contribution in [3.05, 3.63) is 0 Å². The summed E-state index contributed by atoms with van der Waals surface area (Å²) in [6.45, 7) is 10.4. The van der Waals surface area contributed by atoms with Crippen LogP contribution in [0.5, 0.6) is 0 Å². The molecule has 2 fully saturated rings. The first-order valence-electron chi connectivity index (χ1n) is 6.46. The molecule has 1 saturated heterocycles. The maximum absolute atomic E-state index is 6.15. The van der Waals surface area contributed by atoms with Crippen LogP contribution < -0.4 is 11.1 Å². The topological polar surface area (TPSA) is 47.3 Å². The minimum atomic E-state index is -0.180. The predicted molar refractivity (Wildman–Crippen MR) is 66.4 cm³/mol. The minimum Gasteiger partial charge on any atom is -0.368 e. The van der Waals surface area contributed by atoms with Crippen LogP contribution in [-0.4, -0.2) is 29.8 Å². The summed E-state index contributed by atoms with van der Waals surface area (Å²) in [4.78, 5) is 0. The number of rotatable bonds is 4. The van der Waals surface area contributed by atoms with Crippen molar-refractivity contribution in [2.24, 2.45) is 11.7 Å². The van der Waals surface area contributed by atoms with Crippen LogP contribution >= 0.6 is 0 Å². The average Bonchev–Trinajstić information content (AvgIpc) is 2.90. The van der Waals surface area contributed by atoms with Crippen LogP contribution in [0.15, 0.2) is 0 Å². The monoisotopic (exact) mass is 226 g/mol. The Labute approximate surface area is 99.1 Å². The molecule has 0 aromatic heterocycles. The van der Waals surface area contributed by atoms with E-state index in [-0.39, 0.29) is 16.7 Å². The van der Waals surface area contributed by atoms with Crippen LogP contribution in [-0.2, 0) is 4.74 Å². The fourth-order valence-electron chi connectivity index (χ4n) is 3.09. The number of ether oxygens (including phenoxy) is 1. The summed E-state index contributed by atoms with van der Waals surface area (Å²) >= 11 is 0. The van der Waals surface area contributed by atoms with E-state index in [4.69, 9.17) is 10.5 Å². The van der Waals surface area contributed by atoms with Gasteiger partial charge in [-0.3, -0.25) is 0 Å². The number of hydrogen-bond acceptors (Lipinski definition) is 3. The second kappa shape index (κ2) is 3.69. The van der Waals surface area contributed by atoms with Crippen LogP contribution in [0.2, 0.25) is 0 Å². The first-order chi connectivity index (χ1) is 7.30. The Bertz CT molecular complexity index is 271. The maximum Gasteiger partial charge on any atom is 0.0827 e. The van der Waals surface area contributed by atoms with Crippen LogP contribution in [0.1, 0.15) is 47.0 Å². The molecule has 0 aromatic rings. The Kier molecular flexibility index (Phi) is 2.84. The highest BCUT2D eigenvalue weighted by Gasteiger charge is 2.56. The van der Waals surface area contributed by atoms with Gasteiger partial charge in [-0.2, -0.15) is 0 Å². The molecule has 0 radical (unpaired) electrons. The molecular weight excluding hydrogens is 200 g/mol. The summed E-state index contributed by atoms with van der Waals surface area (Å²) in [5, 5.41) is 3.70. The molecule has 3 heteroatoms. The summed E-state index contributed by atoms with van der Waals surface area (Å²) in [6.07, 6.45) is 3.74. The second-order valence-corrected chi connectivity index (χ2v) is 6.66. The second-order valence-electron chi connectivity index (χ2n) is 6.66. The lowest BCUT2D eigenvalue weighted by Crippen LogP contribution is -2.62. The number of nitrogens with two attached hydrogens (primary N) is 1. The molecule has 1 atom stereocenters. The molecule has 0 spiro atoms. The van der Waals surface area contributed by atoms with E-state index in [0.29, 0.717) is 6.54 Å². The molecule has 3 N–H and O–H groups in total. The SMILES string of the molecule is CC1(C)CC(CN)(NCC2CC2)C(C)(C)O1. The number of nitrogens with one attached hydrogen (secondary N) is 1. The maximum atomic E-state index is 6.15. The van der Waals surface area contributed by atoms with Crippen molar-refractivity contribution < 1.29 is 4.74 Å². The highest BCUT2D eigenvalue weighted by atomic mass is 16.5. The molecule has 94 valence electrons. The van der Waals surface area contributed by atoms with E-state index in [9.17, 15) is 0 Å². The van der Waals surface area contributed by atoms with Crippen molar-refractivity contribution in [3.8, 4) is 0 Å². The molecular formula is C13H26N2O. The van der Waals surface area contributed by atoms with E-state index in [1.54, 1.807) is 0 Å². The average molecular weight is 226 g/mol. The highest BCUT2D eigenvalue weighted by molar-refractivity contribution is 5.12. The largest absolute Gasteiger partial charge is 0.368 e. The standard InChI is InChI=1S/C13H26N2O/c1-11(2)8-13(9-14,12(3,4)16-11)15-7-10-5-6-10/h10,15H,5-9,14H2,1-4H3. The Morgan fingerprint density at radius 1 is 1.25 bits per heavy atom. The fourth-order valence-corrected chi connectivity index (χ4v) is 3.09. The molecule has 1 heterocycles. The summed E-state index contributed by atoms with van der Waals surface area (Å²) in [6, 6.07) is 0. The highest BCUT2D eigenvalue weighted by Crippen LogP contribution is 2.45. The summed E-state index contributed by atoms with van der Waals surface area (Å²) in [7, 11) is 0. The van der Waals surface area contributed by atoms with Gasteiger partial charge >= 0.3 is 0 Å². The molecule has 0 bridgehead atoms. The molecule has 0 aromatic carbocycles. The normalized spacial score (nSPS) is 36.6. The molecule has 2 aliphatic rings. The van der Waals surface area contributed by atoms with Crippen molar-refractivity contribution in [2.45, 2.75) is 63.7 Å². The lowest BCUT2D eigenvalue weighted by molar-refractivity contribution is -0.0821. The van der Waals surface area contributed by atoms with E-state index >= 15 is 0 Å². The van der Waals surface area contributed by atoms with Gasteiger partial charge in [0.1, 0.15) is 0 Å². The lowest BCUT2D eigenvalue weighted by Gasteiger charge is -2.40. The molecule has 1 aliphatic heterocycles. The van der Waals surface area contributed by atoms with Gasteiger partial charge in [0.25, 0.3) is 0 Å². The molecule has 16 heavy (non-hydrogen) atoms. The Balaban J connectivity index is 2.10. The third-order valence-corrected chi connectivity index (χ3v) is 4.19. The lowest BCUT2D eigenvalue weighted by atomic mass is 9.79. The van der Waals surface area contributed by atoms with Gasteiger partial charge in [0, 0.05) is 6.54 Å². The van der Waals surface area contributed by atoms with Crippen LogP contribution in [0.25, 0.3) is 0 Å². The quantitative estimate of drug-likeness (QED) is 0.766.